The number of anilines is 1. The molecule has 1 fully saturated rings. The summed E-state index contributed by atoms with van der Waals surface area (Å²) in [6.45, 7) is 0. The Labute approximate surface area is 218 Å². The SMILES string of the molecule is Nc1noc2cc(-c3cnc(C4C5CC5c5nc(-c6cc(Cl)ccc6-n6cnnn6)cc(=O)n54)[nH]3)ccc12. The number of aromatic nitrogens is 9. The van der Waals surface area contributed by atoms with Crippen LogP contribution in [0.25, 0.3) is 39.2 Å². The van der Waals surface area contributed by atoms with Crippen LogP contribution in [-0.2, 0) is 0 Å². The number of imidazole rings is 1. The second kappa shape index (κ2) is 7.59. The van der Waals surface area contributed by atoms with Gasteiger partial charge in [0, 0.05) is 28.1 Å². The molecule has 0 radical (unpaired) electrons. The maximum absolute atomic E-state index is 13.5. The van der Waals surface area contributed by atoms with E-state index < -0.39 is 0 Å². The summed E-state index contributed by atoms with van der Waals surface area (Å²) in [7, 11) is 0. The summed E-state index contributed by atoms with van der Waals surface area (Å²) < 4.78 is 8.59. The van der Waals surface area contributed by atoms with Crippen LogP contribution in [0.4, 0.5) is 5.82 Å². The van der Waals surface area contributed by atoms with Gasteiger partial charge in [0.1, 0.15) is 18.0 Å². The number of tetrazole rings is 1. The normalized spacial score (nSPS) is 19.6. The molecule has 38 heavy (non-hydrogen) atoms. The Kier molecular flexibility index (Phi) is 4.24. The summed E-state index contributed by atoms with van der Waals surface area (Å²) in [5.74, 6) is 2.26. The highest BCUT2D eigenvalue weighted by molar-refractivity contribution is 6.31. The molecule has 2 aliphatic rings. The van der Waals surface area contributed by atoms with E-state index in [0.717, 1.165) is 34.7 Å². The average Bonchev–Trinajstić information content (AvgIpc) is 3.35. The van der Waals surface area contributed by atoms with Gasteiger partial charge in [-0.15, -0.1) is 5.10 Å². The number of hydrogen-bond donors (Lipinski definition) is 2. The molecular formula is C25H17ClN10O2. The van der Waals surface area contributed by atoms with Gasteiger partial charge in [-0.1, -0.05) is 22.8 Å². The van der Waals surface area contributed by atoms with Gasteiger partial charge < -0.3 is 15.2 Å². The second-order valence-electron chi connectivity index (χ2n) is 9.54. The zero-order valence-corrected chi connectivity index (χ0v) is 20.2. The summed E-state index contributed by atoms with van der Waals surface area (Å²) in [4.78, 5) is 26.6. The molecule has 2 aromatic carbocycles. The number of nitrogens with zero attached hydrogens (tertiary/aromatic N) is 8. The molecule has 0 bridgehead atoms. The molecule has 5 heterocycles. The van der Waals surface area contributed by atoms with Gasteiger partial charge in [0.15, 0.2) is 11.4 Å². The van der Waals surface area contributed by atoms with E-state index in [4.69, 9.17) is 26.8 Å². The molecule has 3 atom stereocenters. The zero-order chi connectivity index (χ0) is 25.5. The quantitative estimate of drug-likeness (QED) is 0.352. The number of nitrogens with one attached hydrogen (secondary N) is 1. The molecule has 8 rings (SSSR count). The van der Waals surface area contributed by atoms with Crippen molar-refractivity contribution in [2.45, 2.75) is 18.4 Å². The number of H-pyrrole nitrogens is 1. The van der Waals surface area contributed by atoms with Crippen LogP contribution in [0.3, 0.4) is 0 Å². The van der Waals surface area contributed by atoms with Crippen molar-refractivity contribution >= 4 is 28.4 Å². The van der Waals surface area contributed by atoms with Crippen LogP contribution in [0, 0.1) is 5.92 Å². The molecular weight excluding hydrogens is 508 g/mol. The van der Waals surface area contributed by atoms with Crippen LogP contribution in [0.2, 0.25) is 5.02 Å². The molecule has 6 aromatic rings. The van der Waals surface area contributed by atoms with E-state index in [1.807, 2.05) is 18.2 Å². The average molecular weight is 525 g/mol. The fourth-order valence-corrected chi connectivity index (χ4v) is 5.68. The molecule has 12 nitrogen and oxygen atoms in total. The number of benzene rings is 2. The Bertz CT molecular complexity index is 1940. The molecule has 4 aromatic heterocycles. The van der Waals surface area contributed by atoms with Crippen molar-refractivity contribution in [3.05, 3.63) is 82.0 Å². The van der Waals surface area contributed by atoms with Gasteiger partial charge in [0.2, 0.25) is 0 Å². The van der Waals surface area contributed by atoms with Crippen LogP contribution in [0.5, 0.6) is 0 Å². The molecule has 186 valence electrons. The van der Waals surface area contributed by atoms with Crippen LogP contribution in [-0.4, -0.2) is 44.9 Å². The van der Waals surface area contributed by atoms with E-state index in [-0.39, 0.29) is 23.4 Å². The first-order valence-corrected chi connectivity index (χ1v) is 12.3. The summed E-state index contributed by atoms with van der Waals surface area (Å²) >= 11 is 6.31. The predicted molar refractivity (Wildman–Crippen MR) is 137 cm³/mol. The van der Waals surface area contributed by atoms with Gasteiger partial charge in [-0.3, -0.25) is 9.36 Å². The molecule has 1 aliphatic carbocycles. The molecule has 0 spiro atoms. The lowest BCUT2D eigenvalue weighted by atomic mass is 10.1. The van der Waals surface area contributed by atoms with Crippen molar-refractivity contribution in [3.63, 3.8) is 0 Å². The predicted octanol–water partition coefficient (Wildman–Crippen LogP) is 3.36. The van der Waals surface area contributed by atoms with Gasteiger partial charge in [-0.05, 0) is 53.1 Å². The summed E-state index contributed by atoms with van der Waals surface area (Å²) in [6, 6.07) is 12.3. The standard InChI is InChI=1S/C25H17ClN10O2/c26-12-2-4-19(35-10-29-33-34-35)16(6-12)17-8-21(37)36-22(14-7-15(14)25(36)31-17)24-28-9-18(30-24)11-1-3-13-20(5-11)38-32-23(13)27/h1-6,8-10,14-15,22H,7H2,(H2,27,32)(H,28,30). The highest BCUT2D eigenvalue weighted by atomic mass is 35.5. The van der Waals surface area contributed by atoms with Crippen LogP contribution >= 0.6 is 11.6 Å². The Morgan fingerprint density at radius 2 is 2.08 bits per heavy atom. The van der Waals surface area contributed by atoms with Gasteiger partial charge >= 0.3 is 0 Å². The molecule has 3 N–H and O–H groups in total. The molecule has 0 amide bonds. The third-order valence-corrected chi connectivity index (χ3v) is 7.59. The van der Waals surface area contributed by atoms with Crippen molar-refractivity contribution in [1.29, 1.82) is 0 Å². The lowest BCUT2D eigenvalue weighted by Crippen LogP contribution is -2.27. The van der Waals surface area contributed by atoms with E-state index in [0.29, 0.717) is 33.4 Å². The minimum atomic E-state index is -0.221. The summed E-state index contributed by atoms with van der Waals surface area (Å²) in [5.41, 5.74) is 9.86. The van der Waals surface area contributed by atoms with Crippen molar-refractivity contribution < 1.29 is 4.52 Å². The topological polar surface area (TPSA) is 159 Å². The largest absolute Gasteiger partial charge is 0.380 e. The molecule has 3 unspecified atom stereocenters. The number of nitrogens with two attached hydrogens (primary N) is 1. The number of fused-ring (bicyclic) bond motifs is 4. The van der Waals surface area contributed by atoms with E-state index in [9.17, 15) is 4.79 Å². The molecule has 1 saturated carbocycles. The van der Waals surface area contributed by atoms with Crippen molar-refractivity contribution in [2.24, 2.45) is 5.92 Å². The van der Waals surface area contributed by atoms with Gasteiger partial charge in [0.25, 0.3) is 5.56 Å². The van der Waals surface area contributed by atoms with E-state index >= 15 is 0 Å². The third kappa shape index (κ3) is 3.07. The summed E-state index contributed by atoms with van der Waals surface area (Å²) in [5, 5.41) is 16.5. The van der Waals surface area contributed by atoms with Gasteiger partial charge in [0.05, 0.1) is 34.7 Å². The molecule has 13 heteroatoms. The fourth-order valence-electron chi connectivity index (χ4n) is 5.51. The smallest absolute Gasteiger partial charge is 0.254 e. The maximum atomic E-state index is 13.5. The van der Waals surface area contributed by atoms with E-state index in [1.54, 1.807) is 29.0 Å². The van der Waals surface area contributed by atoms with Gasteiger partial charge in [-0.25, -0.2) is 9.97 Å². The van der Waals surface area contributed by atoms with Crippen molar-refractivity contribution in [3.8, 4) is 28.2 Å². The van der Waals surface area contributed by atoms with Crippen molar-refractivity contribution in [2.75, 3.05) is 5.73 Å². The number of nitrogen functional groups attached to an aromatic ring is 1. The Morgan fingerprint density at radius 1 is 1.16 bits per heavy atom. The Morgan fingerprint density at radius 3 is 2.95 bits per heavy atom. The van der Waals surface area contributed by atoms with Crippen LogP contribution < -0.4 is 11.3 Å². The van der Waals surface area contributed by atoms with Gasteiger partial charge in [-0.2, -0.15) is 4.68 Å². The monoisotopic (exact) mass is 524 g/mol. The number of hydrogen-bond acceptors (Lipinski definition) is 9. The number of rotatable bonds is 4. The highest BCUT2D eigenvalue weighted by Crippen LogP contribution is 2.59. The second-order valence-corrected chi connectivity index (χ2v) is 9.97. The number of aromatic amines is 1. The highest BCUT2D eigenvalue weighted by Gasteiger charge is 2.55. The molecule has 1 aliphatic heterocycles. The van der Waals surface area contributed by atoms with Crippen LogP contribution in [0.15, 0.2) is 64.3 Å². The molecule has 0 saturated heterocycles. The van der Waals surface area contributed by atoms with Crippen LogP contribution in [0.1, 0.15) is 30.0 Å². The van der Waals surface area contributed by atoms with E-state index in [1.165, 1.54) is 17.1 Å². The summed E-state index contributed by atoms with van der Waals surface area (Å²) in [6.07, 6.45) is 4.20. The maximum Gasteiger partial charge on any atom is 0.254 e. The zero-order valence-electron chi connectivity index (χ0n) is 19.5. The lowest BCUT2D eigenvalue weighted by Gasteiger charge is -2.17. The fraction of sp³-hybridized carbons (Fsp3) is 0.160. The first-order valence-electron chi connectivity index (χ1n) is 11.9. The Hall–Kier alpha value is -4.84. The Balaban J connectivity index is 1.20. The van der Waals surface area contributed by atoms with E-state index in [2.05, 4.69) is 30.7 Å². The third-order valence-electron chi connectivity index (χ3n) is 7.35. The first kappa shape index (κ1) is 21.3. The number of halogens is 1. The van der Waals surface area contributed by atoms with Crippen molar-refractivity contribution in [1.82, 2.24) is 44.9 Å². The minimum absolute atomic E-state index is 0.152. The first-order chi connectivity index (χ1) is 18.5. The minimum Gasteiger partial charge on any atom is -0.380 e. The lowest BCUT2D eigenvalue weighted by molar-refractivity contribution is 0.460.